The van der Waals surface area contributed by atoms with E-state index in [2.05, 4.69) is 5.32 Å². The number of aliphatic hydroxyl groups is 3. The molecule has 0 saturated heterocycles. The minimum Gasteiger partial charge on any atom is -0.510 e. The predicted octanol–water partition coefficient (Wildman–Crippen LogP) is 2.10. The number of carbonyl (C=O) groups excluding carboxylic acids is 3. The van der Waals surface area contributed by atoms with Crippen LogP contribution < -0.4 is 16.0 Å². The summed E-state index contributed by atoms with van der Waals surface area (Å²) in [6.07, 6.45) is 6.84. The average molecular weight is 621 g/mol. The molecule has 242 valence electrons. The first-order chi connectivity index (χ1) is 21.2. The Morgan fingerprint density at radius 1 is 1.00 bits per heavy atom. The van der Waals surface area contributed by atoms with Crippen molar-refractivity contribution in [1.29, 1.82) is 0 Å². The highest BCUT2D eigenvalue weighted by molar-refractivity contribution is 6.24. The van der Waals surface area contributed by atoms with E-state index in [1.165, 1.54) is 32.1 Å². The van der Waals surface area contributed by atoms with Crippen molar-refractivity contribution in [3.63, 3.8) is 0 Å². The average Bonchev–Trinajstić information content (AvgIpc) is 2.93. The first-order valence-corrected chi connectivity index (χ1v) is 16.2. The fourth-order valence-electron chi connectivity index (χ4n) is 10.6. The predicted molar refractivity (Wildman–Crippen MR) is 166 cm³/mol. The SMILES string of the molecule is CN(C)c1c(CNC2C3CC4CC(C3)CC2C4)cc(O)c2c1C[C@H]1C[C@H]3[C@H](N(C)C)C(O)=C(C(N)=O)C(=O)[C@@]3(O)C(O)=C1C2=O. The van der Waals surface area contributed by atoms with Crippen molar-refractivity contribution in [3.8, 4) is 5.75 Å². The molecular formula is C34H44N4O7. The van der Waals surface area contributed by atoms with Crippen LogP contribution in [-0.2, 0) is 22.6 Å². The van der Waals surface area contributed by atoms with E-state index >= 15 is 0 Å². The number of nitrogens with zero attached hydrogens (tertiary/aromatic N) is 2. The van der Waals surface area contributed by atoms with Crippen molar-refractivity contribution in [3.05, 3.63) is 45.4 Å². The first kappa shape index (κ1) is 30.3. The van der Waals surface area contributed by atoms with Gasteiger partial charge in [-0.15, -0.1) is 0 Å². The number of allylic oxidation sites excluding steroid dienone is 1. The summed E-state index contributed by atoms with van der Waals surface area (Å²) in [7, 11) is 7.06. The number of phenolic OH excluding ortho intramolecular Hbond substituents is 1. The van der Waals surface area contributed by atoms with Gasteiger partial charge >= 0.3 is 0 Å². The topological polar surface area (TPSA) is 177 Å². The fourth-order valence-corrected chi connectivity index (χ4v) is 10.6. The summed E-state index contributed by atoms with van der Waals surface area (Å²) in [5.41, 5.74) is 4.23. The quantitative estimate of drug-likeness (QED) is 0.258. The van der Waals surface area contributed by atoms with E-state index in [1.807, 2.05) is 19.0 Å². The Balaban J connectivity index is 1.28. The van der Waals surface area contributed by atoms with Gasteiger partial charge in [-0.3, -0.25) is 19.3 Å². The Morgan fingerprint density at radius 3 is 2.18 bits per heavy atom. The van der Waals surface area contributed by atoms with Crippen LogP contribution in [0.3, 0.4) is 0 Å². The van der Waals surface area contributed by atoms with E-state index < -0.39 is 58.0 Å². The van der Waals surface area contributed by atoms with E-state index in [0.717, 1.165) is 23.1 Å². The molecule has 0 aliphatic heterocycles. The maximum absolute atomic E-state index is 14.2. The van der Waals surface area contributed by atoms with Crippen LogP contribution in [0.5, 0.6) is 5.75 Å². The van der Waals surface area contributed by atoms with E-state index in [-0.39, 0.29) is 29.7 Å². The molecule has 4 saturated carbocycles. The molecule has 7 aliphatic rings. The molecule has 0 unspecified atom stereocenters. The Hall–Kier alpha value is -3.41. The third-order valence-electron chi connectivity index (χ3n) is 12.0. The lowest BCUT2D eigenvalue weighted by atomic mass is 9.54. The third kappa shape index (κ3) is 4.23. The lowest BCUT2D eigenvalue weighted by Gasteiger charge is -2.54. The highest BCUT2D eigenvalue weighted by Gasteiger charge is 2.63. The lowest BCUT2D eigenvalue weighted by Crippen LogP contribution is -2.63. The summed E-state index contributed by atoms with van der Waals surface area (Å²) in [6, 6.07) is 1.04. The van der Waals surface area contributed by atoms with E-state index in [1.54, 1.807) is 25.1 Å². The van der Waals surface area contributed by atoms with Crippen LogP contribution in [0, 0.1) is 35.5 Å². The van der Waals surface area contributed by atoms with Crippen LogP contribution in [-0.4, -0.2) is 88.7 Å². The molecule has 4 fully saturated rings. The standard InChI is InChI=1S/C34H44N4O7/c1-37(2)27-19(13-36-26-17-6-14-5-15(8-17)9-18(26)7-14)12-22(39)24-20(27)10-16-11-21-28(38(3)4)30(41)25(33(35)44)32(43)34(21,45)31(42)23(16)29(24)40/h12,14-18,21,26,28,36,39,41-42,45H,5-11,13H2,1-4H3,(H2,35,44)/t14?,15?,16-,17?,18?,21-,26?,28-,34-/m0/s1. The van der Waals surface area contributed by atoms with Crippen molar-refractivity contribution in [1.82, 2.24) is 10.2 Å². The van der Waals surface area contributed by atoms with Crippen LogP contribution in [0.2, 0.25) is 0 Å². The number of fused-ring (bicyclic) bond motifs is 3. The molecule has 0 spiro atoms. The van der Waals surface area contributed by atoms with Gasteiger partial charge in [-0.2, -0.15) is 0 Å². The number of benzene rings is 1. The molecule has 11 nitrogen and oxygen atoms in total. The van der Waals surface area contributed by atoms with Gasteiger partial charge in [0.05, 0.1) is 11.6 Å². The monoisotopic (exact) mass is 620 g/mol. The van der Waals surface area contributed by atoms with Crippen LogP contribution in [0.15, 0.2) is 28.7 Å². The zero-order valence-corrected chi connectivity index (χ0v) is 26.3. The van der Waals surface area contributed by atoms with E-state index in [0.29, 0.717) is 30.0 Å². The Kier molecular flexibility index (Phi) is 6.93. The molecule has 8 rings (SSSR count). The second-order valence-corrected chi connectivity index (χ2v) is 15.0. The van der Waals surface area contributed by atoms with Crippen molar-refractivity contribution >= 4 is 23.2 Å². The summed E-state index contributed by atoms with van der Waals surface area (Å²) in [6.45, 7) is 0.544. The normalized spacial score (nSPS) is 36.8. The zero-order valence-electron chi connectivity index (χ0n) is 26.3. The van der Waals surface area contributed by atoms with Crippen molar-refractivity contribution in [2.24, 2.45) is 41.2 Å². The molecule has 45 heavy (non-hydrogen) atoms. The number of aliphatic hydroxyl groups excluding tert-OH is 2. The minimum atomic E-state index is -2.65. The van der Waals surface area contributed by atoms with Gasteiger partial charge in [0.2, 0.25) is 5.78 Å². The van der Waals surface area contributed by atoms with Crippen molar-refractivity contribution in [2.45, 2.75) is 69.2 Å². The number of amides is 1. The number of primary amides is 1. The number of likely N-dealkylation sites (N-methyl/N-ethyl adjacent to an activating group) is 1. The molecule has 0 radical (unpaired) electrons. The Bertz CT molecular complexity index is 1550. The maximum atomic E-state index is 14.2. The summed E-state index contributed by atoms with van der Waals surface area (Å²) < 4.78 is 0. The van der Waals surface area contributed by atoms with Crippen molar-refractivity contribution in [2.75, 3.05) is 33.1 Å². The zero-order chi connectivity index (χ0) is 32.3. The number of hydrogen-bond donors (Lipinski definition) is 6. The number of rotatable bonds is 6. The molecule has 7 aliphatic carbocycles. The first-order valence-electron chi connectivity index (χ1n) is 16.2. The number of hydrogen-bond acceptors (Lipinski definition) is 10. The molecular weight excluding hydrogens is 576 g/mol. The number of ketones is 2. The van der Waals surface area contributed by atoms with Crippen LogP contribution in [0.1, 0.15) is 60.0 Å². The molecule has 7 N–H and O–H groups in total. The van der Waals surface area contributed by atoms with E-state index in [4.69, 9.17) is 5.73 Å². The largest absolute Gasteiger partial charge is 0.510 e. The number of aromatic hydroxyl groups is 1. The van der Waals surface area contributed by atoms with Gasteiger partial charge in [-0.05, 0) is 106 Å². The van der Waals surface area contributed by atoms with Gasteiger partial charge in [0.25, 0.3) is 5.91 Å². The molecule has 0 aromatic heterocycles. The molecule has 4 atom stereocenters. The summed E-state index contributed by atoms with van der Waals surface area (Å²) in [5.74, 6) is -3.36. The molecule has 0 heterocycles. The van der Waals surface area contributed by atoms with Crippen LogP contribution in [0.25, 0.3) is 0 Å². The Morgan fingerprint density at radius 2 is 1.62 bits per heavy atom. The number of nitrogens with one attached hydrogen (secondary N) is 1. The lowest BCUT2D eigenvalue weighted by molar-refractivity contribution is -0.148. The summed E-state index contributed by atoms with van der Waals surface area (Å²) >= 11 is 0. The van der Waals surface area contributed by atoms with Gasteiger partial charge in [0, 0.05) is 43.9 Å². The minimum absolute atomic E-state index is 0.0397. The number of anilines is 1. The number of carbonyl (C=O) groups is 3. The van der Waals surface area contributed by atoms with Gasteiger partial charge in [-0.1, -0.05) is 0 Å². The van der Waals surface area contributed by atoms with Gasteiger partial charge in [0.15, 0.2) is 11.4 Å². The molecule has 1 aromatic carbocycles. The Labute approximate surface area is 262 Å². The molecule has 1 aromatic rings. The number of phenols is 1. The number of Topliss-reactive ketones (excluding diaryl/α,β-unsaturated/α-hetero) is 2. The third-order valence-corrected chi connectivity index (χ3v) is 12.0. The van der Waals surface area contributed by atoms with Crippen LogP contribution in [0.4, 0.5) is 5.69 Å². The van der Waals surface area contributed by atoms with Crippen LogP contribution >= 0.6 is 0 Å². The fraction of sp³-hybridized carbons (Fsp3) is 0.618. The van der Waals surface area contributed by atoms with Gasteiger partial charge < -0.3 is 36.4 Å². The maximum Gasteiger partial charge on any atom is 0.255 e. The van der Waals surface area contributed by atoms with Crippen molar-refractivity contribution < 1.29 is 34.8 Å². The van der Waals surface area contributed by atoms with Gasteiger partial charge in [0.1, 0.15) is 22.8 Å². The van der Waals surface area contributed by atoms with Gasteiger partial charge in [-0.25, -0.2) is 0 Å². The second-order valence-electron chi connectivity index (χ2n) is 15.0. The van der Waals surface area contributed by atoms with E-state index in [9.17, 15) is 34.8 Å². The summed E-state index contributed by atoms with van der Waals surface area (Å²) in [5, 5.41) is 49.6. The number of nitrogens with two attached hydrogens (primary N) is 1. The second kappa shape index (κ2) is 10.3. The summed E-state index contributed by atoms with van der Waals surface area (Å²) in [4.78, 5) is 43.4. The highest BCUT2D eigenvalue weighted by atomic mass is 16.3. The molecule has 11 heteroatoms. The smallest absolute Gasteiger partial charge is 0.255 e. The molecule has 4 bridgehead atoms. The highest BCUT2D eigenvalue weighted by Crippen LogP contribution is 2.55. The molecule has 1 amide bonds.